The van der Waals surface area contributed by atoms with Gasteiger partial charge in [0, 0.05) is 23.9 Å². The standard InChI is InChI=1S/C17H14F3N3O7/c1-16(25,9-30-12-5-3-11(4-6-12)22(26)27)15(24)21-10-2-7-14(23(28)29)13(8-10)17(18,19)20/h2-8,25H,9H2,1H3,(H,21,24)/t16-/m0/s1. The molecule has 1 amide bonds. The molecule has 0 saturated heterocycles. The average Bonchev–Trinajstić information content (AvgIpc) is 2.65. The molecule has 13 heteroatoms. The summed E-state index contributed by atoms with van der Waals surface area (Å²) < 4.78 is 44.2. The minimum absolute atomic E-state index is 0.100. The number of aliphatic hydroxyl groups is 1. The largest absolute Gasteiger partial charge is 0.490 e. The smallest absolute Gasteiger partial charge is 0.423 e. The predicted octanol–water partition coefficient (Wildman–Crippen LogP) is 3.29. The van der Waals surface area contributed by atoms with Crippen LogP contribution in [0, 0.1) is 20.2 Å². The fourth-order valence-electron chi connectivity index (χ4n) is 2.22. The van der Waals surface area contributed by atoms with Crippen LogP contribution < -0.4 is 10.1 Å². The second kappa shape index (κ2) is 8.32. The lowest BCUT2D eigenvalue weighted by Crippen LogP contribution is -2.45. The van der Waals surface area contributed by atoms with Crippen molar-refractivity contribution in [2.45, 2.75) is 18.7 Å². The maximum Gasteiger partial charge on any atom is 0.423 e. The number of hydrogen-bond acceptors (Lipinski definition) is 7. The second-order valence-electron chi connectivity index (χ2n) is 6.25. The van der Waals surface area contributed by atoms with Gasteiger partial charge in [-0.2, -0.15) is 13.2 Å². The van der Waals surface area contributed by atoms with Crippen LogP contribution in [-0.2, 0) is 11.0 Å². The minimum Gasteiger partial charge on any atom is -0.490 e. The van der Waals surface area contributed by atoms with Gasteiger partial charge in [-0.25, -0.2) is 0 Å². The van der Waals surface area contributed by atoms with E-state index < -0.39 is 51.1 Å². The highest BCUT2D eigenvalue weighted by Crippen LogP contribution is 2.37. The van der Waals surface area contributed by atoms with Crippen molar-refractivity contribution >= 4 is 23.0 Å². The fourth-order valence-corrected chi connectivity index (χ4v) is 2.22. The summed E-state index contributed by atoms with van der Waals surface area (Å²) in [6.45, 7) is 0.402. The lowest BCUT2D eigenvalue weighted by atomic mass is 10.1. The van der Waals surface area contributed by atoms with Crippen molar-refractivity contribution in [3.63, 3.8) is 0 Å². The van der Waals surface area contributed by atoms with Gasteiger partial charge in [-0.05, 0) is 31.2 Å². The van der Waals surface area contributed by atoms with Gasteiger partial charge >= 0.3 is 6.18 Å². The van der Waals surface area contributed by atoms with E-state index in [9.17, 15) is 43.3 Å². The number of hydrogen-bond donors (Lipinski definition) is 2. The van der Waals surface area contributed by atoms with E-state index in [-0.39, 0.29) is 11.4 Å². The maximum atomic E-state index is 13.0. The number of carbonyl (C=O) groups excluding carboxylic acids is 1. The van der Waals surface area contributed by atoms with Gasteiger partial charge in [-0.15, -0.1) is 0 Å². The molecule has 0 unspecified atom stereocenters. The molecule has 0 radical (unpaired) electrons. The molecule has 2 rings (SSSR count). The van der Waals surface area contributed by atoms with Crippen LogP contribution in [0.1, 0.15) is 12.5 Å². The van der Waals surface area contributed by atoms with Gasteiger partial charge < -0.3 is 15.2 Å². The first-order chi connectivity index (χ1) is 13.8. The normalized spacial score (nSPS) is 13.2. The first-order valence-corrected chi connectivity index (χ1v) is 8.08. The van der Waals surface area contributed by atoms with Crippen molar-refractivity contribution in [1.82, 2.24) is 0 Å². The number of nitro benzene ring substituents is 2. The Labute approximate surface area is 166 Å². The van der Waals surface area contributed by atoms with E-state index in [0.717, 1.165) is 25.1 Å². The van der Waals surface area contributed by atoms with Crippen LogP contribution in [0.2, 0.25) is 0 Å². The fraction of sp³-hybridized carbons (Fsp3) is 0.235. The van der Waals surface area contributed by atoms with Gasteiger partial charge in [0.25, 0.3) is 17.3 Å². The number of rotatable bonds is 7. The number of ether oxygens (including phenoxy) is 1. The Balaban J connectivity index is 2.12. The number of nitrogens with one attached hydrogen (secondary N) is 1. The Morgan fingerprint density at radius 3 is 2.20 bits per heavy atom. The van der Waals surface area contributed by atoms with Gasteiger partial charge in [0.15, 0.2) is 5.60 Å². The van der Waals surface area contributed by atoms with Gasteiger partial charge in [0.05, 0.1) is 9.85 Å². The molecule has 10 nitrogen and oxygen atoms in total. The van der Waals surface area contributed by atoms with Crippen LogP contribution in [0.25, 0.3) is 0 Å². The molecule has 2 aromatic carbocycles. The summed E-state index contributed by atoms with van der Waals surface area (Å²) in [7, 11) is 0. The summed E-state index contributed by atoms with van der Waals surface area (Å²) >= 11 is 0. The first kappa shape index (κ1) is 22.5. The van der Waals surface area contributed by atoms with Crippen molar-refractivity contribution in [2.75, 3.05) is 11.9 Å². The molecule has 30 heavy (non-hydrogen) atoms. The molecular formula is C17H14F3N3O7. The Kier molecular flexibility index (Phi) is 6.26. The number of nitrogens with zero attached hydrogens (tertiary/aromatic N) is 2. The average molecular weight is 429 g/mol. The van der Waals surface area contributed by atoms with E-state index >= 15 is 0 Å². The Hall–Kier alpha value is -3.74. The molecule has 0 aliphatic carbocycles. The summed E-state index contributed by atoms with van der Waals surface area (Å²) in [5.41, 5.74) is -5.58. The number of carbonyl (C=O) groups is 1. The lowest BCUT2D eigenvalue weighted by Gasteiger charge is -2.22. The van der Waals surface area contributed by atoms with Crippen molar-refractivity contribution in [1.29, 1.82) is 0 Å². The molecule has 2 N–H and O–H groups in total. The number of nitro groups is 2. The lowest BCUT2D eigenvalue weighted by molar-refractivity contribution is -0.388. The number of non-ortho nitro benzene ring substituents is 1. The van der Waals surface area contributed by atoms with Crippen LogP contribution in [-0.4, -0.2) is 33.1 Å². The molecule has 0 saturated carbocycles. The zero-order valence-electron chi connectivity index (χ0n) is 15.2. The number of benzene rings is 2. The SMILES string of the molecule is C[C@](O)(COc1ccc([N+](=O)[O-])cc1)C(=O)Nc1ccc([N+](=O)[O-])c(C(F)(F)F)c1. The Morgan fingerprint density at radius 2 is 1.70 bits per heavy atom. The highest BCUT2D eigenvalue weighted by atomic mass is 19.4. The number of anilines is 1. The molecule has 0 fully saturated rings. The van der Waals surface area contributed by atoms with E-state index in [1.165, 1.54) is 12.1 Å². The second-order valence-corrected chi connectivity index (χ2v) is 6.25. The van der Waals surface area contributed by atoms with Crippen LogP contribution >= 0.6 is 0 Å². The van der Waals surface area contributed by atoms with Crippen LogP contribution in [0.15, 0.2) is 42.5 Å². The molecule has 2 aromatic rings. The number of alkyl halides is 3. The van der Waals surface area contributed by atoms with Crippen molar-refractivity contribution < 1.29 is 37.7 Å². The summed E-state index contributed by atoms with van der Waals surface area (Å²) in [5.74, 6) is -1.03. The van der Waals surface area contributed by atoms with E-state index in [0.29, 0.717) is 12.1 Å². The van der Waals surface area contributed by atoms with Gasteiger partial charge in [0.1, 0.15) is 17.9 Å². The van der Waals surface area contributed by atoms with Crippen LogP contribution in [0.4, 0.5) is 30.2 Å². The van der Waals surface area contributed by atoms with Crippen LogP contribution in [0.3, 0.4) is 0 Å². The van der Waals surface area contributed by atoms with Crippen molar-refractivity contribution in [3.8, 4) is 5.75 Å². The summed E-state index contributed by atoms with van der Waals surface area (Å²) in [4.78, 5) is 31.8. The number of halogens is 3. The number of amides is 1. The molecule has 0 aliphatic heterocycles. The zero-order valence-corrected chi connectivity index (χ0v) is 15.2. The summed E-state index contributed by atoms with van der Waals surface area (Å²) in [6, 6.07) is 6.60. The maximum absolute atomic E-state index is 13.0. The van der Waals surface area contributed by atoms with Gasteiger partial charge in [0.2, 0.25) is 0 Å². The van der Waals surface area contributed by atoms with Crippen molar-refractivity contribution in [2.24, 2.45) is 0 Å². The van der Waals surface area contributed by atoms with Gasteiger partial charge in [-0.1, -0.05) is 0 Å². The Morgan fingerprint density at radius 1 is 1.10 bits per heavy atom. The quantitative estimate of drug-likeness (QED) is 0.507. The van der Waals surface area contributed by atoms with E-state index in [1.807, 2.05) is 5.32 Å². The van der Waals surface area contributed by atoms with E-state index in [1.54, 1.807) is 0 Å². The third-order valence-electron chi connectivity index (χ3n) is 3.81. The van der Waals surface area contributed by atoms with E-state index in [4.69, 9.17) is 4.74 Å². The third-order valence-corrected chi connectivity index (χ3v) is 3.81. The molecule has 0 aromatic heterocycles. The van der Waals surface area contributed by atoms with Gasteiger partial charge in [-0.3, -0.25) is 25.0 Å². The molecule has 0 heterocycles. The molecule has 0 spiro atoms. The zero-order chi connectivity index (χ0) is 22.7. The third kappa shape index (κ3) is 5.41. The summed E-state index contributed by atoms with van der Waals surface area (Å²) in [6.07, 6.45) is -5.04. The first-order valence-electron chi connectivity index (χ1n) is 8.08. The topological polar surface area (TPSA) is 145 Å². The monoisotopic (exact) mass is 429 g/mol. The molecule has 0 aliphatic rings. The predicted molar refractivity (Wildman–Crippen MR) is 95.9 cm³/mol. The molecule has 1 atom stereocenters. The van der Waals surface area contributed by atoms with E-state index in [2.05, 4.69) is 0 Å². The highest BCUT2D eigenvalue weighted by molar-refractivity contribution is 5.97. The molecule has 0 bridgehead atoms. The summed E-state index contributed by atoms with van der Waals surface area (Å²) in [5, 5.41) is 33.6. The van der Waals surface area contributed by atoms with Crippen molar-refractivity contribution in [3.05, 3.63) is 68.3 Å². The Bertz CT molecular complexity index is 976. The minimum atomic E-state index is -5.04. The highest BCUT2D eigenvalue weighted by Gasteiger charge is 2.39. The van der Waals surface area contributed by atoms with Crippen LogP contribution in [0.5, 0.6) is 5.75 Å². The molecular weight excluding hydrogens is 415 g/mol. The molecule has 160 valence electrons.